The summed E-state index contributed by atoms with van der Waals surface area (Å²) in [6.07, 6.45) is 6.68. The first-order valence-electron chi connectivity index (χ1n) is 4.92. The summed E-state index contributed by atoms with van der Waals surface area (Å²) in [7, 11) is 0. The van der Waals surface area contributed by atoms with Gasteiger partial charge in [0.25, 0.3) is 0 Å². The molecule has 0 aliphatic heterocycles. The van der Waals surface area contributed by atoms with Gasteiger partial charge >= 0.3 is 0 Å². The fraction of sp³-hybridized carbons (Fsp3) is 0.583. The van der Waals surface area contributed by atoms with Crippen LogP contribution in [0, 0.1) is 0 Å². The molecule has 0 aromatic carbocycles. The minimum atomic E-state index is 0.934. The van der Waals surface area contributed by atoms with Crippen LogP contribution in [-0.4, -0.2) is 12.8 Å². The van der Waals surface area contributed by atoms with E-state index in [1.54, 1.807) is 0 Å². The quantitative estimate of drug-likeness (QED) is 0.320. The van der Waals surface area contributed by atoms with E-state index in [0.717, 1.165) is 18.5 Å². The zero-order valence-corrected chi connectivity index (χ0v) is 8.97. The molecule has 0 saturated carbocycles. The van der Waals surface area contributed by atoms with Gasteiger partial charge in [0, 0.05) is 12.8 Å². The Hall–Kier alpha value is -0.850. The van der Waals surface area contributed by atoms with Crippen LogP contribution in [0.1, 0.15) is 39.5 Å². The van der Waals surface area contributed by atoms with Gasteiger partial charge in [-0.2, -0.15) is 0 Å². The molecule has 74 valence electrons. The van der Waals surface area contributed by atoms with Gasteiger partial charge in [0.05, 0.1) is 0 Å². The Kier molecular flexibility index (Phi) is 7.27. The molecule has 0 aliphatic carbocycles. The Morgan fingerprint density at radius 2 is 1.85 bits per heavy atom. The summed E-state index contributed by atoms with van der Waals surface area (Å²) in [5.74, 6) is 0. The topological polar surface area (TPSA) is 12.4 Å². The molecular weight excluding hydrogens is 158 g/mol. The zero-order chi connectivity index (χ0) is 10.1. The third-order valence-corrected chi connectivity index (χ3v) is 1.70. The molecule has 0 saturated heterocycles. The lowest BCUT2D eigenvalue weighted by molar-refractivity contribution is 0.686. The van der Waals surface area contributed by atoms with E-state index >= 15 is 0 Å². The predicted octanol–water partition coefficient (Wildman–Crippen LogP) is 3.77. The first-order valence-corrected chi connectivity index (χ1v) is 4.92. The van der Waals surface area contributed by atoms with Gasteiger partial charge in [0.15, 0.2) is 0 Å². The Bertz CT molecular complexity index is 189. The van der Waals surface area contributed by atoms with Crippen molar-refractivity contribution in [3.8, 4) is 0 Å². The molecular formula is C12H21N. The van der Waals surface area contributed by atoms with Crippen molar-refractivity contribution < 1.29 is 0 Å². The van der Waals surface area contributed by atoms with Crippen LogP contribution in [-0.2, 0) is 0 Å². The molecule has 1 heteroatoms. The molecule has 0 heterocycles. The fourth-order valence-corrected chi connectivity index (χ4v) is 1.03. The maximum absolute atomic E-state index is 4.24. The van der Waals surface area contributed by atoms with Gasteiger partial charge < -0.3 is 0 Å². The maximum atomic E-state index is 4.24. The van der Waals surface area contributed by atoms with Crippen molar-refractivity contribution in [1.82, 2.24) is 0 Å². The summed E-state index contributed by atoms with van der Waals surface area (Å²) in [5, 5.41) is 0. The Morgan fingerprint density at radius 3 is 2.38 bits per heavy atom. The second-order valence-electron chi connectivity index (χ2n) is 3.65. The predicted molar refractivity (Wildman–Crippen MR) is 61.5 cm³/mol. The van der Waals surface area contributed by atoms with Crippen molar-refractivity contribution >= 4 is 6.21 Å². The second-order valence-corrected chi connectivity index (χ2v) is 3.65. The van der Waals surface area contributed by atoms with Gasteiger partial charge in [-0.1, -0.05) is 18.6 Å². The van der Waals surface area contributed by atoms with Crippen LogP contribution < -0.4 is 0 Å². The molecule has 0 N–H and O–H groups in total. The van der Waals surface area contributed by atoms with E-state index in [2.05, 4.69) is 25.1 Å². The van der Waals surface area contributed by atoms with Crippen LogP contribution in [0.3, 0.4) is 0 Å². The number of unbranched alkanes of at least 4 members (excludes halogenated alkanes) is 2. The fourth-order valence-electron chi connectivity index (χ4n) is 1.03. The van der Waals surface area contributed by atoms with Crippen LogP contribution >= 0.6 is 0 Å². The summed E-state index contributed by atoms with van der Waals surface area (Å²) in [6, 6.07) is 0. The average molecular weight is 179 g/mol. The summed E-state index contributed by atoms with van der Waals surface area (Å²) in [6.45, 7) is 12.6. The number of hydrogen-bond acceptors (Lipinski definition) is 1. The normalized spacial score (nSPS) is 10.6. The van der Waals surface area contributed by atoms with E-state index in [1.807, 2.05) is 13.1 Å². The molecule has 0 aromatic rings. The molecule has 0 fully saturated rings. The maximum Gasteiger partial charge on any atom is 0.0389 e. The van der Waals surface area contributed by atoms with Crippen molar-refractivity contribution in [3.05, 3.63) is 24.3 Å². The molecule has 13 heavy (non-hydrogen) atoms. The molecule has 0 aliphatic rings. The van der Waals surface area contributed by atoms with E-state index in [1.165, 1.54) is 24.8 Å². The van der Waals surface area contributed by atoms with E-state index < -0.39 is 0 Å². The molecule has 0 amide bonds. The summed E-state index contributed by atoms with van der Waals surface area (Å²) >= 11 is 0. The third-order valence-electron chi connectivity index (χ3n) is 1.70. The summed E-state index contributed by atoms with van der Waals surface area (Å²) in [5.41, 5.74) is 2.31. The molecule has 1 nitrogen and oxygen atoms in total. The standard InChI is InChI=1S/C12H21N/c1-11(2)8-6-5-7-9-13-10-12(3)4/h10H,1,3,5-9H2,2,4H3. The number of aliphatic imine (C=N–C) groups is 1. The summed E-state index contributed by atoms with van der Waals surface area (Å²) in [4.78, 5) is 4.24. The highest BCUT2D eigenvalue weighted by Crippen LogP contribution is 2.05. The van der Waals surface area contributed by atoms with Gasteiger partial charge in [0.2, 0.25) is 0 Å². The second kappa shape index (κ2) is 7.78. The van der Waals surface area contributed by atoms with E-state index in [4.69, 9.17) is 0 Å². The average Bonchev–Trinajstić information content (AvgIpc) is 2.01. The smallest absolute Gasteiger partial charge is 0.0389 e. The first kappa shape index (κ1) is 12.2. The monoisotopic (exact) mass is 179 g/mol. The van der Waals surface area contributed by atoms with E-state index in [0.29, 0.717) is 0 Å². The number of rotatable bonds is 7. The van der Waals surface area contributed by atoms with Crippen LogP contribution in [0.5, 0.6) is 0 Å². The lowest BCUT2D eigenvalue weighted by atomic mass is 10.1. The minimum absolute atomic E-state index is 0.934. The van der Waals surface area contributed by atoms with E-state index in [-0.39, 0.29) is 0 Å². The molecule has 0 unspecified atom stereocenters. The van der Waals surface area contributed by atoms with Crippen LogP contribution in [0.25, 0.3) is 0 Å². The van der Waals surface area contributed by atoms with Gasteiger partial charge in [-0.3, -0.25) is 4.99 Å². The number of nitrogens with zero attached hydrogens (tertiary/aromatic N) is 1. The number of hydrogen-bond donors (Lipinski definition) is 0. The van der Waals surface area contributed by atoms with E-state index in [9.17, 15) is 0 Å². The SMILES string of the molecule is C=C(C)C=NCCCCCC(=C)C. The zero-order valence-electron chi connectivity index (χ0n) is 8.97. The Labute approximate surface area is 82.3 Å². The van der Waals surface area contributed by atoms with Crippen molar-refractivity contribution in [3.63, 3.8) is 0 Å². The lowest BCUT2D eigenvalue weighted by Gasteiger charge is -1.98. The summed E-state index contributed by atoms with van der Waals surface area (Å²) < 4.78 is 0. The van der Waals surface area contributed by atoms with Crippen molar-refractivity contribution in [2.24, 2.45) is 4.99 Å². The van der Waals surface area contributed by atoms with Crippen molar-refractivity contribution in [2.75, 3.05) is 6.54 Å². The van der Waals surface area contributed by atoms with Gasteiger partial charge in [-0.25, -0.2) is 0 Å². The highest BCUT2D eigenvalue weighted by atomic mass is 14.7. The molecule has 0 radical (unpaired) electrons. The van der Waals surface area contributed by atoms with Gasteiger partial charge in [-0.05, 0) is 38.7 Å². The minimum Gasteiger partial charge on any atom is -0.293 e. The largest absolute Gasteiger partial charge is 0.293 e. The van der Waals surface area contributed by atoms with Crippen LogP contribution in [0.2, 0.25) is 0 Å². The molecule has 0 bridgehead atoms. The molecule has 0 aromatic heterocycles. The number of allylic oxidation sites excluding steroid dienone is 2. The first-order chi connectivity index (χ1) is 6.13. The Balaban J connectivity index is 3.17. The van der Waals surface area contributed by atoms with Crippen LogP contribution in [0.4, 0.5) is 0 Å². The highest BCUT2D eigenvalue weighted by Gasteiger charge is 1.88. The molecule has 0 atom stereocenters. The van der Waals surface area contributed by atoms with Gasteiger partial charge in [0.1, 0.15) is 0 Å². The third kappa shape index (κ3) is 11.1. The molecule has 0 rings (SSSR count). The lowest BCUT2D eigenvalue weighted by Crippen LogP contribution is -1.84. The van der Waals surface area contributed by atoms with Crippen LogP contribution in [0.15, 0.2) is 29.3 Å². The highest BCUT2D eigenvalue weighted by molar-refractivity contribution is 5.76. The molecule has 0 spiro atoms. The Morgan fingerprint density at radius 1 is 1.15 bits per heavy atom. The van der Waals surface area contributed by atoms with Crippen molar-refractivity contribution in [1.29, 1.82) is 0 Å². The van der Waals surface area contributed by atoms with Crippen molar-refractivity contribution in [2.45, 2.75) is 39.5 Å². The van der Waals surface area contributed by atoms with Gasteiger partial charge in [-0.15, -0.1) is 6.58 Å².